The maximum atomic E-state index is 11.5. The molecule has 1 aliphatic heterocycles. The van der Waals surface area contributed by atoms with Gasteiger partial charge in [0.05, 0.1) is 6.20 Å². The number of aromatic nitrogens is 4. The minimum Gasteiger partial charge on any atom is -0.365 e. The van der Waals surface area contributed by atoms with Crippen LogP contribution in [-0.4, -0.2) is 43.5 Å². The van der Waals surface area contributed by atoms with E-state index in [-0.39, 0.29) is 0 Å². The van der Waals surface area contributed by atoms with E-state index in [1.807, 2.05) is 18.3 Å². The van der Waals surface area contributed by atoms with E-state index in [0.717, 1.165) is 38.2 Å². The average molecular weight is 336 g/mol. The molecule has 0 radical (unpaired) electrons. The highest BCUT2D eigenvalue weighted by Crippen LogP contribution is 2.29. The van der Waals surface area contributed by atoms with Crippen molar-refractivity contribution in [2.75, 3.05) is 13.1 Å². The Kier molecular flexibility index (Phi) is 4.15. The summed E-state index contributed by atoms with van der Waals surface area (Å²) in [5, 5.41) is 4.33. The van der Waals surface area contributed by atoms with Crippen LogP contribution in [0.2, 0.25) is 0 Å². The van der Waals surface area contributed by atoms with Crippen molar-refractivity contribution in [1.82, 2.24) is 24.5 Å². The van der Waals surface area contributed by atoms with Crippen molar-refractivity contribution in [2.45, 2.75) is 25.3 Å². The number of primary amides is 1. The molecule has 2 N–H and O–H groups in total. The Labute approximate surface area is 145 Å². The van der Waals surface area contributed by atoms with Gasteiger partial charge in [-0.1, -0.05) is 6.07 Å². The third-order valence-corrected chi connectivity index (χ3v) is 4.83. The van der Waals surface area contributed by atoms with Crippen LogP contribution in [0.4, 0.5) is 0 Å². The number of rotatable bonds is 4. The first kappa shape index (κ1) is 15.7. The lowest BCUT2D eigenvalue weighted by Crippen LogP contribution is -2.33. The Bertz CT molecular complexity index is 883. The minimum absolute atomic E-state index is 0.371. The van der Waals surface area contributed by atoms with Crippen molar-refractivity contribution in [3.05, 3.63) is 59.8 Å². The molecule has 0 atom stereocenters. The van der Waals surface area contributed by atoms with Gasteiger partial charge < -0.3 is 5.73 Å². The van der Waals surface area contributed by atoms with E-state index in [4.69, 9.17) is 5.73 Å². The minimum atomic E-state index is -0.495. The van der Waals surface area contributed by atoms with E-state index in [0.29, 0.717) is 17.1 Å². The SMILES string of the molecule is NC(=O)c1cnn2c(C3CCN(Cc4cccnc4)CC3)ccnc12. The number of piperidine rings is 1. The Hall–Kier alpha value is -2.80. The van der Waals surface area contributed by atoms with E-state index in [1.165, 1.54) is 11.8 Å². The number of carbonyl (C=O) groups excluding carboxylic acids is 1. The van der Waals surface area contributed by atoms with Gasteiger partial charge in [-0.25, -0.2) is 9.50 Å². The van der Waals surface area contributed by atoms with Crippen molar-refractivity contribution in [2.24, 2.45) is 5.73 Å². The maximum Gasteiger partial charge on any atom is 0.254 e. The first-order valence-electron chi connectivity index (χ1n) is 8.46. The summed E-state index contributed by atoms with van der Waals surface area (Å²) in [7, 11) is 0. The molecule has 1 amide bonds. The van der Waals surface area contributed by atoms with Crippen LogP contribution in [0.3, 0.4) is 0 Å². The molecule has 1 aliphatic rings. The Morgan fingerprint density at radius 2 is 2.04 bits per heavy atom. The molecule has 4 heterocycles. The third kappa shape index (κ3) is 3.10. The fourth-order valence-electron chi connectivity index (χ4n) is 3.53. The fraction of sp³-hybridized carbons (Fsp3) is 0.333. The van der Waals surface area contributed by atoms with E-state index < -0.39 is 5.91 Å². The number of fused-ring (bicyclic) bond motifs is 1. The van der Waals surface area contributed by atoms with Crippen LogP contribution in [-0.2, 0) is 6.54 Å². The van der Waals surface area contributed by atoms with Gasteiger partial charge in [-0.2, -0.15) is 5.10 Å². The van der Waals surface area contributed by atoms with Crippen LogP contribution in [0.5, 0.6) is 0 Å². The second-order valence-electron chi connectivity index (χ2n) is 6.44. The van der Waals surface area contributed by atoms with Gasteiger partial charge in [-0.3, -0.25) is 14.7 Å². The second-order valence-corrected chi connectivity index (χ2v) is 6.44. The third-order valence-electron chi connectivity index (χ3n) is 4.83. The smallest absolute Gasteiger partial charge is 0.254 e. The molecule has 128 valence electrons. The number of amides is 1. The van der Waals surface area contributed by atoms with Crippen LogP contribution < -0.4 is 5.73 Å². The molecular weight excluding hydrogens is 316 g/mol. The molecule has 4 rings (SSSR count). The van der Waals surface area contributed by atoms with Crippen molar-refractivity contribution in [3.8, 4) is 0 Å². The van der Waals surface area contributed by atoms with Crippen LogP contribution in [0.1, 0.15) is 40.4 Å². The number of hydrogen-bond donors (Lipinski definition) is 1. The summed E-state index contributed by atoms with van der Waals surface area (Å²) in [6.45, 7) is 2.97. The highest BCUT2D eigenvalue weighted by Gasteiger charge is 2.24. The molecule has 0 aliphatic carbocycles. The number of carbonyl (C=O) groups is 1. The molecular formula is C18H20N6O. The predicted molar refractivity (Wildman–Crippen MR) is 93.0 cm³/mol. The largest absolute Gasteiger partial charge is 0.365 e. The number of pyridine rings is 1. The summed E-state index contributed by atoms with van der Waals surface area (Å²) in [5.74, 6) is -0.0952. The van der Waals surface area contributed by atoms with Gasteiger partial charge in [0.1, 0.15) is 5.56 Å². The molecule has 3 aromatic rings. The first-order chi connectivity index (χ1) is 12.2. The topological polar surface area (TPSA) is 89.4 Å². The molecule has 1 saturated heterocycles. The van der Waals surface area contributed by atoms with Crippen LogP contribution in [0.25, 0.3) is 5.65 Å². The molecule has 7 nitrogen and oxygen atoms in total. The zero-order chi connectivity index (χ0) is 17.2. The summed E-state index contributed by atoms with van der Waals surface area (Å²) in [4.78, 5) is 22.4. The number of likely N-dealkylation sites (tertiary alicyclic amines) is 1. The molecule has 0 bridgehead atoms. The van der Waals surface area contributed by atoms with Gasteiger partial charge in [-0.15, -0.1) is 0 Å². The standard InChI is InChI=1S/C18H20N6O/c19-17(25)15-11-22-24-16(3-7-21-18(15)24)14-4-8-23(9-5-14)12-13-2-1-6-20-10-13/h1-3,6-7,10-11,14H,4-5,8-9,12H2,(H2,19,25). The maximum absolute atomic E-state index is 11.5. The van der Waals surface area contributed by atoms with Crippen molar-refractivity contribution >= 4 is 11.6 Å². The lowest BCUT2D eigenvalue weighted by atomic mass is 9.93. The van der Waals surface area contributed by atoms with Crippen LogP contribution >= 0.6 is 0 Å². The summed E-state index contributed by atoms with van der Waals surface area (Å²) >= 11 is 0. The molecule has 0 aromatic carbocycles. The van der Waals surface area contributed by atoms with E-state index >= 15 is 0 Å². The molecule has 25 heavy (non-hydrogen) atoms. The molecule has 1 fully saturated rings. The van der Waals surface area contributed by atoms with Crippen LogP contribution in [0.15, 0.2) is 43.0 Å². The second kappa shape index (κ2) is 6.60. The monoisotopic (exact) mass is 336 g/mol. The summed E-state index contributed by atoms with van der Waals surface area (Å²) in [6, 6.07) is 6.08. The summed E-state index contributed by atoms with van der Waals surface area (Å²) in [6.07, 6.45) is 9.06. The van der Waals surface area contributed by atoms with E-state index in [9.17, 15) is 4.79 Å². The van der Waals surface area contributed by atoms with E-state index in [1.54, 1.807) is 16.9 Å². The van der Waals surface area contributed by atoms with Gasteiger partial charge in [0.25, 0.3) is 5.91 Å². The molecule has 0 saturated carbocycles. The zero-order valence-electron chi connectivity index (χ0n) is 13.9. The summed E-state index contributed by atoms with van der Waals surface area (Å²) in [5.41, 5.74) is 8.65. The summed E-state index contributed by atoms with van der Waals surface area (Å²) < 4.78 is 1.77. The van der Waals surface area contributed by atoms with Crippen molar-refractivity contribution in [3.63, 3.8) is 0 Å². The molecule has 3 aromatic heterocycles. The lowest BCUT2D eigenvalue weighted by molar-refractivity contribution is 0.100. The van der Waals surface area contributed by atoms with Gasteiger partial charge in [0.15, 0.2) is 5.65 Å². The molecule has 0 spiro atoms. The van der Waals surface area contributed by atoms with Gasteiger partial charge in [0, 0.05) is 36.7 Å². The Morgan fingerprint density at radius 3 is 2.76 bits per heavy atom. The van der Waals surface area contributed by atoms with Gasteiger partial charge in [0.2, 0.25) is 0 Å². The highest BCUT2D eigenvalue weighted by molar-refractivity contribution is 5.98. The van der Waals surface area contributed by atoms with Gasteiger partial charge >= 0.3 is 0 Å². The Morgan fingerprint density at radius 1 is 1.20 bits per heavy atom. The first-order valence-corrected chi connectivity index (χ1v) is 8.46. The average Bonchev–Trinajstić information content (AvgIpc) is 3.08. The number of nitrogens with zero attached hydrogens (tertiary/aromatic N) is 5. The normalized spacial score (nSPS) is 16.3. The van der Waals surface area contributed by atoms with Crippen LogP contribution in [0, 0.1) is 0 Å². The van der Waals surface area contributed by atoms with Crippen molar-refractivity contribution < 1.29 is 4.79 Å². The predicted octanol–water partition coefficient (Wildman–Crippen LogP) is 1.60. The zero-order valence-corrected chi connectivity index (χ0v) is 13.9. The quantitative estimate of drug-likeness (QED) is 0.782. The number of hydrogen-bond acceptors (Lipinski definition) is 5. The number of nitrogens with two attached hydrogens (primary N) is 1. The molecule has 7 heteroatoms. The van der Waals surface area contributed by atoms with Crippen molar-refractivity contribution in [1.29, 1.82) is 0 Å². The van der Waals surface area contributed by atoms with E-state index in [2.05, 4.69) is 26.0 Å². The highest BCUT2D eigenvalue weighted by atomic mass is 16.1. The fourth-order valence-corrected chi connectivity index (χ4v) is 3.53. The molecule has 0 unspecified atom stereocenters. The Balaban J connectivity index is 1.49. The lowest BCUT2D eigenvalue weighted by Gasteiger charge is -2.32. The van der Waals surface area contributed by atoms with Gasteiger partial charge in [-0.05, 0) is 43.6 Å².